The second-order valence-electron chi connectivity index (χ2n) is 7.13. The van der Waals surface area contributed by atoms with Gasteiger partial charge in [-0.2, -0.15) is 0 Å². The number of rotatable bonds is 7. The number of hydrogen-bond donors (Lipinski definition) is 1. The number of nitrogens with zero attached hydrogens (tertiary/aromatic N) is 3. The minimum absolute atomic E-state index is 0.0350. The third-order valence-corrected chi connectivity index (χ3v) is 6.63. The monoisotopic (exact) mass is 468 g/mol. The Balaban J connectivity index is 1.51. The molecule has 4 rings (SSSR count). The second-order valence-corrected chi connectivity index (χ2v) is 9.00. The van der Waals surface area contributed by atoms with Gasteiger partial charge in [-0.15, -0.1) is 0 Å². The first-order valence-electron chi connectivity index (χ1n) is 9.89. The summed E-state index contributed by atoms with van der Waals surface area (Å²) in [5.41, 5.74) is 2.04. The second kappa shape index (κ2) is 9.58. The standard InChI is InChI=1S/C22H20N4O4S2/c1-14-5-4-6-15(11-14)26-20(29)16-7-2-3-8-17(16)24-21(26)31-12-18(27)23-9-10-25-19(28)13-32-22(25)30/h2-8,11H,9-10,12-13H2,1H3,(H,23,27). The van der Waals surface area contributed by atoms with Crippen LogP contribution in [0.25, 0.3) is 16.6 Å². The molecule has 32 heavy (non-hydrogen) atoms. The zero-order valence-electron chi connectivity index (χ0n) is 17.2. The van der Waals surface area contributed by atoms with Crippen molar-refractivity contribution in [1.82, 2.24) is 19.8 Å². The molecule has 0 spiro atoms. The zero-order valence-corrected chi connectivity index (χ0v) is 18.9. The Kier molecular flexibility index (Phi) is 6.61. The number of fused-ring (bicyclic) bond motifs is 1. The summed E-state index contributed by atoms with van der Waals surface area (Å²) in [4.78, 5) is 54.6. The minimum Gasteiger partial charge on any atom is -0.354 e. The van der Waals surface area contributed by atoms with Crippen molar-refractivity contribution in [2.45, 2.75) is 12.1 Å². The van der Waals surface area contributed by atoms with Crippen molar-refractivity contribution in [1.29, 1.82) is 0 Å². The van der Waals surface area contributed by atoms with E-state index in [1.165, 1.54) is 4.57 Å². The Morgan fingerprint density at radius 3 is 2.72 bits per heavy atom. The number of nitrogens with one attached hydrogen (secondary N) is 1. The highest BCUT2D eigenvalue weighted by Crippen LogP contribution is 2.22. The van der Waals surface area contributed by atoms with Crippen LogP contribution in [0.5, 0.6) is 0 Å². The van der Waals surface area contributed by atoms with Gasteiger partial charge in [0.15, 0.2) is 5.16 Å². The molecule has 1 aromatic heterocycles. The quantitative estimate of drug-likeness (QED) is 0.420. The third-order valence-electron chi connectivity index (χ3n) is 4.84. The fourth-order valence-corrected chi connectivity index (χ4v) is 4.88. The molecule has 2 aromatic carbocycles. The van der Waals surface area contributed by atoms with Gasteiger partial charge in [0, 0.05) is 13.1 Å². The number of hydrogen-bond acceptors (Lipinski definition) is 7. The van der Waals surface area contributed by atoms with Gasteiger partial charge in [-0.05, 0) is 36.8 Å². The van der Waals surface area contributed by atoms with Crippen molar-refractivity contribution in [3.05, 3.63) is 64.4 Å². The van der Waals surface area contributed by atoms with Crippen molar-refractivity contribution in [3.63, 3.8) is 0 Å². The molecule has 3 amide bonds. The van der Waals surface area contributed by atoms with E-state index in [2.05, 4.69) is 10.3 Å². The number of thioether (sulfide) groups is 2. The van der Waals surface area contributed by atoms with Crippen LogP contribution >= 0.6 is 23.5 Å². The van der Waals surface area contributed by atoms with Gasteiger partial charge in [-0.3, -0.25) is 28.6 Å². The van der Waals surface area contributed by atoms with E-state index in [4.69, 9.17) is 0 Å². The van der Waals surface area contributed by atoms with Crippen LogP contribution in [0.3, 0.4) is 0 Å². The molecule has 0 atom stereocenters. The third kappa shape index (κ3) is 4.71. The Bertz CT molecular complexity index is 1260. The molecule has 0 unspecified atom stereocenters. The van der Waals surface area contributed by atoms with Crippen LogP contribution in [0.1, 0.15) is 5.56 Å². The normalized spacial score (nSPS) is 13.7. The summed E-state index contributed by atoms with van der Waals surface area (Å²) >= 11 is 2.12. The molecule has 164 valence electrons. The van der Waals surface area contributed by atoms with Gasteiger partial charge in [0.1, 0.15) is 0 Å². The molecular weight excluding hydrogens is 448 g/mol. The van der Waals surface area contributed by atoms with Crippen LogP contribution in [-0.4, -0.2) is 56.1 Å². The van der Waals surface area contributed by atoms with E-state index < -0.39 is 0 Å². The molecule has 1 aliphatic rings. The summed E-state index contributed by atoms with van der Waals surface area (Å²) in [5.74, 6) is -0.342. The largest absolute Gasteiger partial charge is 0.354 e. The lowest BCUT2D eigenvalue weighted by atomic mass is 10.2. The van der Waals surface area contributed by atoms with Gasteiger partial charge in [-0.25, -0.2) is 4.98 Å². The highest BCUT2D eigenvalue weighted by molar-refractivity contribution is 8.14. The Hall–Kier alpha value is -3.11. The Labute approximate surface area is 192 Å². The molecule has 10 heteroatoms. The van der Waals surface area contributed by atoms with Gasteiger partial charge in [0.25, 0.3) is 10.8 Å². The van der Waals surface area contributed by atoms with Gasteiger partial charge in [0.2, 0.25) is 11.8 Å². The number of benzene rings is 2. The molecule has 1 aliphatic heterocycles. The average molecular weight is 469 g/mol. The van der Waals surface area contributed by atoms with Gasteiger partial charge in [0.05, 0.1) is 28.1 Å². The van der Waals surface area contributed by atoms with Crippen LogP contribution in [0.15, 0.2) is 58.5 Å². The number of amides is 3. The number of para-hydroxylation sites is 1. The number of carbonyl (C=O) groups excluding carboxylic acids is 3. The van der Waals surface area contributed by atoms with E-state index >= 15 is 0 Å². The summed E-state index contributed by atoms with van der Waals surface area (Å²) in [6.45, 7) is 2.26. The lowest BCUT2D eigenvalue weighted by molar-refractivity contribution is -0.125. The maximum Gasteiger partial charge on any atom is 0.288 e. The fourth-order valence-electron chi connectivity index (χ4n) is 3.29. The predicted molar refractivity (Wildman–Crippen MR) is 125 cm³/mol. The molecule has 1 fully saturated rings. The maximum absolute atomic E-state index is 13.2. The van der Waals surface area contributed by atoms with Gasteiger partial charge < -0.3 is 5.32 Å². The topological polar surface area (TPSA) is 101 Å². The van der Waals surface area contributed by atoms with Gasteiger partial charge >= 0.3 is 0 Å². The van der Waals surface area contributed by atoms with E-state index in [0.717, 1.165) is 34.0 Å². The molecular formula is C22H20N4O4S2. The first-order chi connectivity index (χ1) is 15.4. The molecule has 1 saturated heterocycles. The van der Waals surface area contributed by atoms with Crippen LogP contribution in [-0.2, 0) is 9.59 Å². The zero-order chi connectivity index (χ0) is 22.7. The van der Waals surface area contributed by atoms with E-state index in [1.54, 1.807) is 18.2 Å². The minimum atomic E-state index is -0.291. The number of aryl methyl sites for hydroxylation is 1. The average Bonchev–Trinajstić information content (AvgIpc) is 3.10. The van der Waals surface area contributed by atoms with Crippen LogP contribution < -0.4 is 10.9 Å². The summed E-state index contributed by atoms with van der Waals surface area (Å²) in [6, 6.07) is 14.6. The summed E-state index contributed by atoms with van der Waals surface area (Å²) in [5, 5.41) is 3.33. The van der Waals surface area contributed by atoms with Crippen molar-refractivity contribution < 1.29 is 14.4 Å². The Morgan fingerprint density at radius 1 is 1.16 bits per heavy atom. The van der Waals surface area contributed by atoms with Crippen molar-refractivity contribution in [2.75, 3.05) is 24.6 Å². The van der Waals surface area contributed by atoms with Crippen molar-refractivity contribution in [3.8, 4) is 5.69 Å². The SMILES string of the molecule is Cc1cccc(-n2c(SCC(=O)NCCN3C(=O)CSC3=O)nc3ccccc3c2=O)c1. The first-order valence-corrected chi connectivity index (χ1v) is 11.9. The predicted octanol–water partition coefficient (Wildman–Crippen LogP) is 2.60. The van der Waals surface area contributed by atoms with Crippen LogP contribution in [0.4, 0.5) is 4.79 Å². The smallest absolute Gasteiger partial charge is 0.288 e. The van der Waals surface area contributed by atoms with Crippen LogP contribution in [0, 0.1) is 6.92 Å². The molecule has 2 heterocycles. The highest BCUT2D eigenvalue weighted by Gasteiger charge is 2.29. The number of aromatic nitrogens is 2. The molecule has 3 aromatic rings. The highest BCUT2D eigenvalue weighted by atomic mass is 32.2. The summed E-state index contributed by atoms with van der Waals surface area (Å²) < 4.78 is 1.52. The van der Waals surface area contributed by atoms with Crippen molar-refractivity contribution in [2.24, 2.45) is 0 Å². The fraction of sp³-hybridized carbons (Fsp3) is 0.227. The first kappa shape index (κ1) is 22.1. The molecule has 8 nitrogen and oxygen atoms in total. The van der Waals surface area contributed by atoms with Crippen molar-refractivity contribution >= 4 is 51.5 Å². The van der Waals surface area contributed by atoms with Gasteiger partial charge in [-0.1, -0.05) is 47.8 Å². The number of imide groups is 1. The number of carbonyl (C=O) groups is 3. The molecule has 0 aliphatic carbocycles. The van der Waals surface area contributed by atoms with E-state index in [9.17, 15) is 19.2 Å². The van der Waals surface area contributed by atoms with E-state index in [-0.39, 0.29) is 47.2 Å². The summed E-state index contributed by atoms with van der Waals surface area (Å²) in [7, 11) is 0. The molecule has 0 bridgehead atoms. The lowest BCUT2D eigenvalue weighted by Crippen LogP contribution is -2.38. The maximum atomic E-state index is 13.2. The molecule has 0 radical (unpaired) electrons. The molecule has 1 N–H and O–H groups in total. The summed E-state index contributed by atoms with van der Waals surface area (Å²) in [6.07, 6.45) is 0. The Morgan fingerprint density at radius 2 is 1.97 bits per heavy atom. The van der Waals surface area contributed by atoms with Crippen LogP contribution in [0.2, 0.25) is 0 Å². The van der Waals surface area contributed by atoms with E-state index in [1.807, 2.05) is 37.3 Å². The van der Waals surface area contributed by atoms with E-state index in [0.29, 0.717) is 21.7 Å². The lowest BCUT2D eigenvalue weighted by Gasteiger charge is -2.14. The molecule has 0 saturated carbocycles.